The van der Waals surface area contributed by atoms with Crippen molar-refractivity contribution in [3.8, 4) is 18.1 Å². The molecule has 5 heterocycles. The number of rotatable bonds is 4. The summed E-state index contributed by atoms with van der Waals surface area (Å²) in [6, 6.07) is 10.2. The standard InChI is InChI=1S/C17H31N5O.C16H35N5.C13H29N5.C13H27N5.8ClH.4Mn/c23-17-3-1-15(2-4-17)13-16-14-21-10-9-19-6-5-18-7-8-20-11-12-22-16;1-2-4-15(5-3-1)16-14-20-11-10-18-7-6-17-8-9-19-12-13-21-16;1-2-12-10-16-8-6-14-4-5-15-7-9-17-11-13(3-1)18-12;1-2-3-13-12-17-9-8-15-5-4-14-6-7-16-10-11-18-13;;;;;;;;;;;;/h1-4,16,18-23H,5-14H2;15-21H,1-14H2;12-18H,1-11H2;1,13-18H,3-12H2;8*1H;;;;/q;;;;;;;;;;;;4*+2/p-8/t16-;;12-,13+;;;;;;;;;;;;;/m0.............../s1. The molecule has 0 amide bonds. The summed E-state index contributed by atoms with van der Waals surface area (Å²) in [7, 11) is 38.4. The summed E-state index contributed by atoms with van der Waals surface area (Å²) >= 11 is 0.0278. The van der Waals surface area contributed by atoms with Crippen LogP contribution in [-0.4, -0.2) is 264 Å². The molecule has 548 valence electrons. The third-order valence-electron chi connectivity index (χ3n) is 15.4. The molecule has 21 N–H and O–H groups in total. The van der Waals surface area contributed by atoms with Gasteiger partial charge in [-0.2, -0.15) is 0 Å². The van der Waals surface area contributed by atoms with E-state index in [2.05, 4.69) is 112 Å². The molecule has 1 aromatic rings. The molecule has 5 saturated heterocycles. The Hall–Kier alpha value is 2.18. The molecule has 92 heavy (non-hydrogen) atoms. The fourth-order valence-corrected chi connectivity index (χ4v) is 10.8. The average Bonchev–Trinajstić information content (AvgIpc) is 2.05. The number of benzene rings is 1. The number of piperidine rings is 1. The second kappa shape index (κ2) is 78.9. The molecule has 5 aliphatic heterocycles. The molecule has 1 aliphatic carbocycles. The molecule has 2 unspecified atom stereocenters. The third-order valence-corrected chi connectivity index (χ3v) is 15.4. The van der Waals surface area contributed by atoms with Gasteiger partial charge in [0.2, 0.25) is 0 Å². The van der Waals surface area contributed by atoms with Crippen LogP contribution < -0.4 is 106 Å². The summed E-state index contributed by atoms with van der Waals surface area (Å²) in [4.78, 5) is 0. The van der Waals surface area contributed by atoms with Crippen LogP contribution in [0, 0.1) is 18.3 Å². The van der Waals surface area contributed by atoms with Gasteiger partial charge in [-0.1, -0.05) is 37.8 Å². The summed E-state index contributed by atoms with van der Waals surface area (Å²) in [6.45, 7) is 36.1. The summed E-state index contributed by atoms with van der Waals surface area (Å²) in [5.74, 6) is 3.93. The van der Waals surface area contributed by atoms with E-state index < -0.39 is 0 Å². The summed E-state index contributed by atoms with van der Waals surface area (Å²) < 4.78 is 0. The van der Waals surface area contributed by atoms with Crippen molar-refractivity contribution >= 4 is 80.8 Å². The minimum atomic E-state index is 0.00694. The average molecular weight is 1630 g/mol. The van der Waals surface area contributed by atoms with Crippen molar-refractivity contribution in [2.45, 2.75) is 94.4 Å². The molecule has 6 fully saturated rings. The number of hydrogen-bond acceptors (Lipinski definition) is 21. The number of phenols is 1. The van der Waals surface area contributed by atoms with Gasteiger partial charge in [-0.15, -0.1) is 12.3 Å². The number of terminal acetylenes is 1. The molecule has 21 nitrogen and oxygen atoms in total. The van der Waals surface area contributed by atoms with E-state index in [9.17, 15) is 5.11 Å². The predicted molar refractivity (Wildman–Crippen MR) is 385 cm³/mol. The molecule has 0 spiro atoms. The van der Waals surface area contributed by atoms with Crippen molar-refractivity contribution in [1.29, 1.82) is 0 Å². The molecule has 7 rings (SSSR count). The van der Waals surface area contributed by atoms with Crippen molar-refractivity contribution in [3.05, 3.63) is 29.8 Å². The van der Waals surface area contributed by atoms with Crippen LogP contribution in [0.15, 0.2) is 24.3 Å². The van der Waals surface area contributed by atoms with Crippen LogP contribution in [-0.2, 0) is 59.0 Å². The number of phenolic OH excluding ortho intramolecular Hbond substituents is 1. The summed E-state index contributed by atoms with van der Waals surface area (Å²) in [5, 5.41) is 79.5. The van der Waals surface area contributed by atoms with E-state index in [0.717, 1.165) is 248 Å². The Bertz CT molecular complexity index is 1580. The van der Waals surface area contributed by atoms with Crippen molar-refractivity contribution in [2.24, 2.45) is 5.92 Å². The number of hydrogen-bond donors (Lipinski definition) is 21. The number of aromatic hydroxyl groups is 1. The van der Waals surface area contributed by atoms with Gasteiger partial charge in [-0.3, -0.25) is 0 Å². The molecule has 2 bridgehead atoms. The number of nitrogens with one attached hydrogen (secondary N) is 20. The molecular formula is C59H122Cl8Mn4N20O. The van der Waals surface area contributed by atoms with E-state index in [1.165, 1.54) is 56.9 Å². The first-order valence-corrected chi connectivity index (χ1v) is 46.3. The van der Waals surface area contributed by atoms with Crippen LogP contribution in [0.4, 0.5) is 0 Å². The summed E-state index contributed by atoms with van der Waals surface area (Å²) in [6.07, 6.45) is 18.2. The van der Waals surface area contributed by atoms with Crippen LogP contribution in [0.1, 0.15) is 63.4 Å². The SMILES string of the molecule is C#CCC1CNCCNCCNCCNCCN1.C1CCC(C2CNCCNCCNCCNCCN2)CC1.C1C[C@@H]2CNCCNCCNCCNC[C@H](C1)N2.Oc1ccc(C[C@H]2CNCCNCCNCCNCCN2)cc1.[Cl][Mn][Cl].[Cl][Mn][Cl].[Cl][Mn][Cl].[Cl][Mn][Cl]. The first-order chi connectivity index (χ1) is 45.3. The minimum absolute atomic E-state index is 0.00694. The third kappa shape index (κ3) is 66.7. The van der Waals surface area contributed by atoms with Gasteiger partial charge >= 0.3 is 133 Å². The number of fused-ring (bicyclic) bond motifs is 2. The Labute approximate surface area is 616 Å². The first-order valence-electron chi connectivity index (χ1n) is 33.3. The molecule has 0 radical (unpaired) electrons. The fourth-order valence-electron chi connectivity index (χ4n) is 10.8. The second-order valence-electron chi connectivity index (χ2n) is 22.5. The zero-order valence-electron chi connectivity index (χ0n) is 54.7. The Morgan fingerprint density at radius 3 is 1.00 bits per heavy atom. The Morgan fingerprint density at radius 1 is 0.348 bits per heavy atom. The van der Waals surface area contributed by atoms with E-state index in [0.29, 0.717) is 36.0 Å². The van der Waals surface area contributed by atoms with Gasteiger partial charge in [0.25, 0.3) is 0 Å². The molecule has 1 aromatic carbocycles. The Morgan fingerprint density at radius 2 is 0.641 bits per heavy atom. The molecule has 1 saturated carbocycles. The van der Waals surface area contributed by atoms with Gasteiger partial charge < -0.3 is 111 Å². The fraction of sp³-hybridized carbons (Fsp3) is 0.864. The molecule has 6 aliphatic rings. The van der Waals surface area contributed by atoms with Gasteiger partial charge in [0.05, 0.1) is 0 Å². The van der Waals surface area contributed by atoms with E-state index in [1.54, 1.807) is 12.1 Å². The van der Waals surface area contributed by atoms with E-state index >= 15 is 0 Å². The zero-order valence-corrected chi connectivity index (χ0v) is 65.4. The zero-order chi connectivity index (χ0) is 66.9. The van der Waals surface area contributed by atoms with Gasteiger partial charge in [0.15, 0.2) is 0 Å². The molecule has 0 aromatic heterocycles. The maximum atomic E-state index is 9.40. The topological polar surface area (TPSA) is 261 Å². The van der Waals surface area contributed by atoms with Gasteiger partial charge in [0, 0.05) is 266 Å². The first kappa shape index (κ1) is 94.2. The second-order valence-corrected chi connectivity index (χ2v) is 30.3. The number of halogens is 8. The van der Waals surface area contributed by atoms with Gasteiger partial charge in [-0.05, 0) is 55.7 Å². The molecule has 33 heteroatoms. The monoisotopic (exact) mass is 1630 g/mol. The van der Waals surface area contributed by atoms with Gasteiger partial charge in [0.1, 0.15) is 5.75 Å². The normalized spacial score (nSPS) is 24.8. The van der Waals surface area contributed by atoms with E-state index in [-0.39, 0.29) is 52.5 Å². The van der Waals surface area contributed by atoms with Crippen LogP contribution >= 0.6 is 80.8 Å². The van der Waals surface area contributed by atoms with Crippen molar-refractivity contribution in [2.75, 3.05) is 229 Å². The predicted octanol–water partition coefficient (Wildman–Crippen LogP) is 1.88. The van der Waals surface area contributed by atoms with E-state index in [4.69, 9.17) is 87.2 Å². The van der Waals surface area contributed by atoms with Crippen LogP contribution in [0.2, 0.25) is 0 Å². The van der Waals surface area contributed by atoms with Crippen LogP contribution in [0.5, 0.6) is 5.75 Å². The van der Waals surface area contributed by atoms with Crippen molar-refractivity contribution in [1.82, 2.24) is 106 Å². The summed E-state index contributed by atoms with van der Waals surface area (Å²) in [5.41, 5.74) is 1.25. The van der Waals surface area contributed by atoms with Crippen LogP contribution in [0.3, 0.4) is 0 Å². The molecular weight excluding hydrogens is 1510 g/mol. The Kier molecular flexibility index (Phi) is 80.8. The van der Waals surface area contributed by atoms with Crippen LogP contribution in [0.25, 0.3) is 0 Å². The molecule has 5 atom stereocenters. The van der Waals surface area contributed by atoms with Crippen molar-refractivity contribution in [3.63, 3.8) is 0 Å². The Balaban J connectivity index is 0.00000114. The van der Waals surface area contributed by atoms with Gasteiger partial charge in [-0.25, -0.2) is 0 Å². The quantitative estimate of drug-likeness (QED) is 0.152. The van der Waals surface area contributed by atoms with Crippen molar-refractivity contribution < 1.29 is 57.6 Å². The maximum absolute atomic E-state index is 9.40. The van der Waals surface area contributed by atoms with E-state index in [1.807, 2.05) is 12.1 Å².